The van der Waals surface area contributed by atoms with Gasteiger partial charge in [0.15, 0.2) is 11.5 Å². The molecule has 3 aliphatic heterocycles. The van der Waals surface area contributed by atoms with E-state index in [0.717, 1.165) is 16.7 Å². The highest BCUT2D eigenvalue weighted by Crippen LogP contribution is 2.48. The summed E-state index contributed by atoms with van der Waals surface area (Å²) in [6, 6.07) is 10.8. The molecule has 0 N–H and O–H groups in total. The molecule has 190 valence electrons. The molecular formula is C27H31N3O6. The average molecular weight is 494 g/mol. The van der Waals surface area contributed by atoms with Gasteiger partial charge in [0.05, 0.1) is 32.8 Å². The van der Waals surface area contributed by atoms with E-state index >= 15 is 0 Å². The summed E-state index contributed by atoms with van der Waals surface area (Å²) in [6.07, 6.45) is 0.311. The standard InChI is InChI=1S/C27H31N3O6/c1-4-36-27(33)29-13-11-28(12-14-29)26(32)23-18-7-5-6-8-19(18)25(31)30-10-9-17-15-21(34-2)22(35-3)16-20(17)24(23)30/h5-8,15-16,23-24H,4,9-14H2,1-3H3/t23-,24-/m0/s1. The summed E-state index contributed by atoms with van der Waals surface area (Å²) in [5.41, 5.74) is 3.27. The van der Waals surface area contributed by atoms with Crippen LogP contribution >= 0.6 is 0 Å². The van der Waals surface area contributed by atoms with E-state index in [9.17, 15) is 14.4 Å². The number of rotatable bonds is 4. The number of nitrogens with zero attached hydrogens (tertiary/aromatic N) is 3. The summed E-state index contributed by atoms with van der Waals surface area (Å²) >= 11 is 0. The van der Waals surface area contributed by atoms with Crippen LogP contribution in [0.1, 0.15) is 45.9 Å². The first-order valence-corrected chi connectivity index (χ1v) is 12.3. The number of piperazine rings is 1. The molecule has 0 spiro atoms. The molecule has 3 heterocycles. The Morgan fingerprint density at radius 2 is 1.58 bits per heavy atom. The molecule has 2 aromatic carbocycles. The molecule has 2 aromatic rings. The third-order valence-corrected chi connectivity index (χ3v) is 7.41. The second kappa shape index (κ2) is 9.72. The Balaban J connectivity index is 1.53. The maximum Gasteiger partial charge on any atom is 0.409 e. The smallest absolute Gasteiger partial charge is 0.409 e. The van der Waals surface area contributed by atoms with E-state index in [0.29, 0.717) is 62.8 Å². The predicted octanol–water partition coefficient (Wildman–Crippen LogP) is 2.84. The van der Waals surface area contributed by atoms with Crippen LogP contribution in [0, 0.1) is 0 Å². The Hall–Kier alpha value is -3.75. The zero-order chi connectivity index (χ0) is 25.4. The predicted molar refractivity (Wildman–Crippen MR) is 131 cm³/mol. The fourth-order valence-electron chi connectivity index (χ4n) is 5.64. The lowest BCUT2D eigenvalue weighted by Gasteiger charge is -2.47. The van der Waals surface area contributed by atoms with Crippen molar-refractivity contribution in [3.05, 3.63) is 58.7 Å². The van der Waals surface area contributed by atoms with E-state index in [4.69, 9.17) is 14.2 Å². The number of carbonyl (C=O) groups excluding carboxylic acids is 3. The van der Waals surface area contributed by atoms with Crippen LogP contribution in [0.2, 0.25) is 0 Å². The Bertz CT molecular complexity index is 1190. The lowest BCUT2D eigenvalue weighted by Crippen LogP contribution is -2.55. The monoisotopic (exact) mass is 493 g/mol. The van der Waals surface area contributed by atoms with Crippen molar-refractivity contribution in [2.75, 3.05) is 53.6 Å². The van der Waals surface area contributed by atoms with Gasteiger partial charge in [-0.05, 0) is 48.2 Å². The Kier molecular flexibility index (Phi) is 6.47. The van der Waals surface area contributed by atoms with Gasteiger partial charge in [-0.25, -0.2) is 4.79 Å². The number of methoxy groups -OCH3 is 2. The maximum absolute atomic E-state index is 14.2. The van der Waals surface area contributed by atoms with E-state index in [2.05, 4.69) is 0 Å². The van der Waals surface area contributed by atoms with Gasteiger partial charge in [-0.15, -0.1) is 0 Å². The van der Waals surface area contributed by atoms with Crippen molar-refractivity contribution in [3.8, 4) is 11.5 Å². The third kappa shape index (κ3) is 3.92. The van der Waals surface area contributed by atoms with Crippen molar-refractivity contribution < 1.29 is 28.6 Å². The molecule has 1 saturated heterocycles. The molecule has 3 amide bonds. The number of hydrogen-bond donors (Lipinski definition) is 0. The molecule has 3 aliphatic rings. The van der Waals surface area contributed by atoms with Gasteiger partial charge < -0.3 is 28.9 Å². The topological polar surface area (TPSA) is 88.6 Å². The molecule has 1 fully saturated rings. The number of amides is 3. The molecule has 9 heteroatoms. The van der Waals surface area contributed by atoms with Crippen molar-refractivity contribution in [3.63, 3.8) is 0 Å². The minimum atomic E-state index is -0.565. The quantitative estimate of drug-likeness (QED) is 0.651. The minimum absolute atomic E-state index is 0.0453. The Labute approximate surface area is 210 Å². The SMILES string of the molecule is CCOC(=O)N1CCN(C(=O)[C@H]2c3ccccc3C(=O)N3CCc4cc(OC)c(OC)cc4[C@@H]23)CC1. The number of benzene rings is 2. The Morgan fingerprint density at radius 3 is 2.28 bits per heavy atom. The van der Waals surface area contributed by atoms with Crippen molar-refractivity contribution in [1.29, 1.82) is 0 Å². The van der Waals surface area contributed by atoms with E-state index in [1.54, 1.807) is 37.0 Å². The van der Waals surface area contributed by atoms with E-state index in [-0.39, 0.29) is 17.9 Å². The highest BCUT2D eigenvalue weighted by Gasteiger charge is 2.48. The number of fused-ring (bicyclic) bond motifs is 4. The normalized spacial score (nSPS) is 20.8. The van der Waals surface area contributed by atoms with E-state index in [1.165, 1.54) is 0 Å². The van der Waals surface area contributed by atoms with Crippen LogP contribution < -0.4 is 9.47 Å². The molecule has 5 rings (SSSR count). The van der Waals surface area contributed by atoms with Crippen LogP contribution in [0.5, 0.6) is 11.5 Å². The minimum Gasteiger partial charge on any atom is -0.493 e. The van der Waals surface area contributed by atoms with Crippen LogP contribution in [0.4, 0.5) is 4.79 Å². The largest absolute Gasteiger partial charge is 0.493 e. The lowest BCUT2D eigenvalue weighted by molar-refractivity contribution is -0.136. The van der Waals surface area contributed by atoms with E-state index in [1.807, 2.05) is 35.2 Å². The lowest BCUT2D eigenvalue weighted by atomic mass is 9.75. The molecule has 0 aliphatic carbocycles. The number of carbonyl (C=O) groups is 3. The number of ether oxygens (including phenoxy) is 3. The van der Waals surface area contributed by atoms with Gasteiger partial charge in [-0.2, -0.15) is 0 Å². The van der Waals surface area contributed by atoms with E-state index < -0.39 is 12.0 Å². The summed E-state index contributed by atoms with van der Waals surface area (Å²) in [7, 11) is 3.18. The zero-order valence-corrected chi connectivity index (χ0v) is 20.9. The van der Waals surface area contributed by atoms with Crippen molar-refractivity contribution in [1.82, 2.24) is 14.7 Å². The molecule has 0 aromatic heterocycles. The fourth-order valence-corrected chi connectivity index (χ4v) is 5.64. The summed E-state index contributed by atoms with van der Waals surface area (Å²) < 4.78 is 16.2. The average Bonchev–Trinajstić information content (AvgIpc) is 2.92. The van der Waals surface area contributed by atoms with Crippen molar-refractivity contribution in [2.24, 2.45) is 0 Å². The first-order chi connectivity index (χ1) is 17.5. The third-order valence-electron chi connectivity index (χ3n) is 7.41. The molecule has 0 unspecified atom stereocenters. The van der Waals surface area contributed by atoms with Crippen molar-refractivity contribution in [2.45, 2.75) is 25.3 Å². The second-order valence-corrected chi connectivity index (χ2v) is 9.18. The highest BCUT2D eigenvalue weighted by molar-refractivity contribution is 6.01. The first-order valence-electron chi connectivity index (χ1n) is 12.3. The van der Waals surface area contributed by atoms with Crippen molar-refractivity contribution >= 4 is 17.9 Å². The molecule has 0 radical (unpaired) electrons. The first kappa shape index (κ1) is 24.0. The number of hydrogen-bond acceptors (Lipinski definition) is 6. The Morgan fingerprint density at radius 1 is 0.917 bits per heavy atom. The summed E-state index contributed by atoms with van der Waals surface area (Å²) in [5, 5.41) is 0. The van der Waals surface area contributed by atoms with Gasteiger partial charge in [-0.1, -0.05) is 18.2 Å². The van der Waals surface area contributed by atoms with Gasteiger partial charge in [0.2, 0.25) is 5.91 Å². The summed E-state index contributed by atoms with van der Waals surface area (Å²) in [6.45, 7) is 4.25. The molecule has 0 saturated carbocycles. The van der Waals surface area contributed by atoms with Crippen LogP contribution in [-0.2, 0) is 16.0 Å². The van der Waals surface area contributed by atoms with Crippen LogP contribution in [0.3, 0.4) is 0 Å². The molecular weight excluding hydrogens is 462 g/mol. The highest BCUT2D eigenvalue weighted by atomic mass is 16.6. The molecule has 9 nitrogen and oxygen atoms in total. The maximum atomic E-state index is 14.2. The van der Waals surface area contributed by atoms with Crippen LogP contribution in [0.15, 0.2) is 36.4 Å². The van der Waals surface area contributed by atoms with Gasteiger partial charge in [0.1, 0.15) is 0 Å². The molecule has 2 atom stereocenters. The van der Waals surface area contributed by atoms with Gasteiger partial charge in [0, 0.05) is 38.3 Å². The molecule has 0 bridgehead atoms. The van der Waals surface area contributed by atoms with Crippen LogP contribution in [-0.4, -0.2) is 86.2 Å². The van der Waals surface area contributed by atoms with Gasteiger partial charge >= 0.3 is 6.09 Å². The fraction of sp³-hybridized carbons (Fsp3) is 0.444. The summed E-state index contributed by atoms with van der Waals surface area (Å²) in [4.78, 5) is 45.1. The van der Waals surface area contributed by atoms with Crippen LogP contribution in [0.25, 0.3) is 0 Å². The summed E-state index contributed by atoms with van der Waals surface area (Å²) in [5.74, 6) is 0.525. The second-order valence-electron chi connectivity index (χ2n) is 9.18. The van der Waals surface area contributed by atoms with Gasteiger partial charge in [0.25, 0.3) is 5.91 Å². The van der Waals surface area contributed by atoms with Gasteiger partial charge in [-0.3, -0.25) is 9.59 Å². The molecule has 36 heavy (non-hydrogen) atoms. The zero-order valence-electron chi connectivity index (χ0n) is 20.9.